The number of rotatable bonds is 3. The number of hydrogen-bond donors (Lipinski definition) is 2. The van der Waals surface area contributed by atoms with Crippen LogP contribution in [0.5, 0.6) is 0 Å². The van der Waals surface area contributed by atoms with E-state index in [1.165, 1.54) is 11.1 Å². The Hall–Kier alpha value is -1.41. The van der Waals surface area contributed by atoms with Gasteiger partial charge in [-0.3, -0.25) is 0 Å². The quantitative estimate of drug-likeness (QED) is 0.756. The molecule has 0 amide bonds. The molecule has 0 saturated heterocycles. The standard InChI is InChI=1S/C14H15NS/c1-2-15-12-9-6-10-13(16)14(12)11-7-4-3-5-8-11/h3-10,15-16H,2H2,1H3. The predicted molar refractivity (Wildman–Crippen MR) is 73.3 cm³/mol. The Morgan fingerprint density at radius 1 is 1.00 bits per heavy atom. The molecule has 0 bridgehead atoms. The number of nitrogens with one attached hydrogen (secondary N) is 1. The normalized spacial score (nSPS) is 10.1. The van der Waals surface area contributed by atoms with Crippen LogP contribution >= 0.6 is 12.6 Å². The minimum Gasteiger partial charge on any atom is -0.385 e. The topological polar surface area (TPSA) is 12.0 Å². The van der Waals surface area contributed by atoms with Crippen molar-refractivity contribution in [3.05, 3.63) is 48.5 Å². The van der Waals surface area contributed by atoms with Crippen LogP contribution in [0.2, 0.25) is 0 Å². The second-order valence-electron chi connectivity index (χ2n) is 3.60. The first-order valence-corrected chi connectivity index (χ1v) is 5.89. The van der Waals surface area contributed by atoms with Crippen molar-refractivity contribution >= 4 is 18.3 Å². The first kappa shape index (κ1) is 11.1. The van der Waals surface area contributed by atoms with Crippen LogP contribution in [-0.4, -0.2) is 6.54 Å². The molecule has 1 N–H and O–H groups in total. The highest BCUT2D eigenvalue weighted by Crippen LogP contribution is 2.33. The lowest BCUT2D eigenvalue weighted by atomic mass is 10.0. The molecular formula is C14H15NS. The zero-order chi connectivity index (χ0) is 11.4. The van der Waals surface area contributed by atoms with E-state index in [1.54, 1.807) is 0 Å². The van der Waals surface area contributed by atoms with Gasteiger partial charge in [0.1, 0.15) is 0 Å². The molecular weight excluding hydrogens is 214 g/mol. The Bertz CT molecular complexity index is 465. The molecule has 0 aliphatic carbocycles. The van der Waals surface area contributed by atoms with Gasteiger partial charge in [-0.1, -0.05) is 36.4 Å². The largest absolute Gasteiger partial charge is 0.385 e. The molecule has 2 heteroatoms. The molecule has 0 atom stereocenters. The maximum Gasteiger partial charge on any atom is 0.0431 e. The third-order valence-electron chi connectivity index (χ3n) is 2.47. The van der Waals surface area contributed by atoms with Gasteiger partial charge in [0.15, 0.2) is 0 Å². The van der Waals surface area contributed by atoms with Gasteiger partial charge in [-0.25, -0.2) is 0 Å². The Labute approximate surface area is 102 Å². The predicted octanol–water partition coefficient (Wildman–Crippen LogP) is 4.07. The van der Waals surface area contributed by atoms with Crippen molar-refractivity contribution in [3.63, 3.8) is 0 Å². The fraction of sp³-hybridized carbons (Fsp3) is 0.143. The van der Waals surface area contributed by atoms with E-state index in [0.29, 0.717) is 0 Å². The van der Waals surface area contributed by atoms with E-state index in [2.05, 4.69) is 43.1 Å². The van der Waals surface area contributed by atoms with E-state index >= 15 is 0 Å². The van der Waals surface area contributed by atoms with E-state index in [-0.39, 0.29) is 0 Å². The Morgan fingerprint density at radius 2 is 1.75 bits per heavy atom. The Balaban J connectivity index is 2.54. The van der Waals surface area contributed by atoms with Crippen molar-refractivity contribution in [2.75, 3.05) is 11.9 Å². The Kier molecular flexibility index (Phi) is 3.52. The van der Waals surface area contributed by atoms with Crippen LogP contribution in [0.1, 0.15) is 6.92 Å². The molecule has 16 heavy (non-hydrogen) atoms. The van der Waals surface area contributed by atoms with Gasteiger partial charge < -0.3 is 5.32 Å². The highest BCUT2D eigenvalue weighted by molar-refractivity contribution is 7.80. The van der Waals surface area contributed by atoms with E-state index < -0.39 is 0 Å². The lowest BCUT2D eigenvalue weighted by Gasteiger charge is -2.13. The third kappa shape index (κ3) is 2.22. The van der Waals surface area contributed by atoms with Crippen LogP contribution in [0, 0.1) is 0 Å². The average Bonchev–Trinajstić information content (AvgIpc) is 2.31. The van der Waals surface area contributed by atoms with Gasteiger partial charge in [0.25, 0.3) is 0 Å². The first-order chi connectivity index (χ1) is 7.83. The summed E-state index contributed by atoms with van der Waals surface area (Å²) < 4.78 is 0. The molecule has 0 aromatic heterocycles. The molecule has 0 spiro atoms. The van der Waals surface area contributed by atoms with Crippen molar-refractivity contribution in [2.45, 2.75) is 11.8 Å². The second kappa shape index (κ2) is 5.08. The van der Waals surface area contributed by atoms with E-state index in [0.717, 1.165) is 17.1 Å². The molecule has 1 nitrogen and oxygen atoms in total. The summed E-state index contributed by atoms with van der Waals surface area (Å²) in [5.41, 5.74) is 3.51. The minimum absolute atomic E-state index is 0.914. The van der Waals surface area contributed by atoms with Gasteiger partial charge >= 0.3 is 0 Å². The van der Waals surface area contributed by atoms with Gasteiger partial charge in [-0.2, -0.15) is 0 Å². The van der Waals surface area contributed by atoms with Crippen LogP contribution in [-0.2, 0) is 0 Å². The molecule has 2 aromatic rings. The van der Waals surface area contributed by atoms with Crippen LogP contribution in [0.3, 0.4) is 0 Å². The molecule has 0 fully saturated rings. The zero-order valence-corrected chi connectivity index (χ0v) is 10.2. The van der Waals surface area contributed by atoms with Gasteiger partial charge in [0.05, 0.1) is 0 Å². The number of hydrogen-bond acceptors (Lipinski definition) is 2. The second-order valence-corrected chi connectivity index (χ2v) is 4.08. The summed E-state index contributed by atoms with van der Waals surface area (Å²) in [4.78, 5) is 1.00. The number of thiol groups is 1. The smallest absolute Gasteiger partial charge is 0.0431 e. The van der Waals surface area contributed by atoms with E-state index in [1.807, 2.05) is 30.3 Å². The summed E-state index contributed by atoms with van der Waals surface area (Å²) in [7, 11) is 0. The van der Waals surface area contributed by atoms with Crippen LogP contribution in [0.25, 0.3) is 11.1 Å². The third-order valence-corrected chi connectivity index (χ3v) is 2.84. The lowest BCUT2D eigenvalue weighted by Crippen LogP contribution is -1.99. The summed E-state index contributed by atoms with van der Waals surface area (Å²) >= 11 is 4.53. The summed E-state index contributed by atoms with van der Waals surface area (Å²) in [6, 6.07) is 16.5. The average molecular weight is 229 g/mol. The van der Waals surface area contributed by atoms with Crippen molar-refractivity contribution in [2.24, 2.45) is 0 Å². The first-order valence-electron chi connectivity index (χ1n) is 5.44. The Morgan fingerprint density at radius 3 is 2.44 bits per heavy atom. The maximum absolute atomic E-state index is 4.53. The molecule has 0 saturated carbocycles. The molecule has 0 aliphatic rings. The van der Waals surface area contributed by atoms with E-state index in [9.17, 15) is 0 Å². The highest BCUT2D eigenvalue weighted by Gasteiger charge is 2.07. The minimum atomic E-state index is 0.914. The molecule has 0 heterocycles. The number of benzene rings is 2. The summed E-state index contributed by atoms with van der Waals surface area (Å²) in [5, 5.41) is 3.37. The van der Waals surface area contributed by atoms with Crippen molar-refractivity contribution < 1.29 is 0 Å². The molecule has 2 rings (SSSR count). The zero-order valence-electron chi connectivity index (χ0n) is 9.27. The fourth-order valence-electron chi connectivity index (χ4n) is 1.79. The summed E-state index contributed by atoms with van der Waals surface area (Å²) in [6.45, 7) is 3.01. The van der Waals surface area contributed by atoms with Gasteiger partial charge in [0.2, 0.25) is 0 Å². The SMILES string of the molecule is CCNc1cccc(S)c1-c1ccccc1. The monoisotopic (exact) mass is 229 g/mol. The van der Waals surface area contributed by atoms with Gasteiger partial charge in [-0.05, 0) is 24.6 Å². The highest BCUT2D eigenvalue weighted by atomic mass is 32.1. The molecule has 0 unspecified atom stereocenters. The molecule has 82 valence electrons. The van der Waals surface area contributed by atoms with Crippen LogP contribution < -0.4 is 5.32 Å². The summed E-state index contributed by atoms with van der Waals surface area (Å²) in [6.07, 6.45) is 0. The molecule has 0 radical (unpaired) electrons. The van der Waals surface area contributed by atoms with Crippen molar-refractivity contribution in [3.8, 4) is 11.1 Å². The summed E-state index contributed by atoms with van der Waals surface area (Å²) in [5.74, 6) is 0. The van der Waals surface area contributed by atoms with Crippen LogP contribution in [0.4, 0.5) is 5.69 Å². The van der Waals surface area contributed by atoms with Gasteiger partial charge in [0, 0.05) is 22.7 Å². The van der Waals surface area contributed by atoms with Crippen LogP contribution in [0.15, 0.2) is 53.4 Å². The van der Waals surface area contributed by atoms with Crippen molar-refractivity contribution in [1.29, 1.82) is 0 Å². The molecule has 0 aliphatic heterocycles. The van der Waals surface area contributed by atoms with Crippen molar-refractivity contribution in [1.82, 2.24) is 0 Å². The van der Waals surface area contributed by atoms with Gasteiger partial charge in [-0.15, -0.1) is 12.6 Å². The maximum atomic E-state index is 4.53. The lowest BCUT2D eigenvalue weighted by molar-refractivity contribution is 1.21. The molecule has 2 aromatic carbocycles. The fourth-order valence-corrected chi connectivity index (χ4v) is 2.12. The van der Waals surface area contributed by atoms with E-state index in [4.69, 9.17) is 0 Å². The number of anilines is 1.